The molecular weight excluding hydrogens is 172 g/mol. The molecule has 82 valence electrons. The zero-order chi connectivity index (χ0) is 10.6. The van der Waals surface area contributed by atoms with Gasteiger partial charge in [-0.15, -0.1) is 0 Å². The van der Waals surface area contributed by atoms with Crippen LogP contribution < -0.4 is 0 Å². The van der Waals surface area contributed by atoms with Gasteiger partial charge >= 0.3 is 0 Å². The van der Waals surface area contributed by atoms with Crippen LogP contribution >= 0.6 is 0 Å². The van der Waals surface area contributed by atoms with E-state index in [4.69, 9.17) is 0 Å². The molecule has 0 aliphatic heterocycles. The highest BCUT2D eigenvalue weighted by atomic mass is 16.1. The normalized spacial score (nSPS) is 28.4. The summed E-state index contributed by atoms with van der Waals surface area (Å²) in [4.78, 5) is 11.7. The first-order valence-corrected chi connectivity index (χ1v) is 6.20. The molecule has 1 aliphatic carbocycles. The van der Waals surface area contributed by atoms with Crippen molar-refractivity contribution < 1.29 is 4.79 Å². The minimum Gasteiger partial charge on any atom is -0.299 e. The van der Waals surface area contributed by atoms with Crippen LogP contribution in [0.15, 0.2) is 0 Å². The number of rotatable bonds is 4. The van der Waals surface area contributed by atoms with Gasteiger partial charge in [0.1, 0.15) is 5.78 Å². The van der Waals surface area contributed by atoms with Crippen molar-refractivity contribution in [3.63, 3.8) is 0 Å². The van der Waals surface area contributed by atoms with Crippen molar-refractivity contribution in [2.24, 2.45) is 17.8 Å². The molecule has 1 heteroatoms. The van der Waals surface area contributed by atoms with Crippen molar-refractivity contribution in [1.29, 1.82) is 0 Å². The van der Waals surface area contributed by atoms with Crippen LogP contribution in [0.2, 0.25) is 0 Å². The zero-order valence-electron chi connectivity index (χ0n) is 9.88. The molecule has 1 saturated carbocycles. The lowest BCUT2D eigenvalue weighted by Crippen LogP contribution is -2.25. The highest BCUT2D eigenvalue weighted by Crippen LogP contribution is 2.31. The Kier molecular flexibility index (Phi) is 4.64. The Balaban J connectivity index is 2.44. The Bertz CT molecular complexity index is 182. The number of Topliss-reactive ketones (excluding diaryl/α,β-unsaturated/α-hetero) is 1. The average molecular weight is 196 g/mol. The lowest BCUT2D eigenvalue weighted by atomic mass is 9.76. The van der Waals surface area contributed by atoms with Gasteiger partial charge in [0.15, 0.2) is 0 Å². The molecule has 2 unspecified atom stereocenters. The van der Waals surface area contributed by atoms with E-state index in [1.165, 1.54) is 12.8 Å². The second-order valence-corrected chi connectivity index (χ2v) is 4.96. The summed E-state index contributed by atoms with van der Waals surface area (Å²) >= 11 is 0. The Morgan fingerprint density at radius 3 is 2.57 bits per heavy atom. The first-order chi connectivity index (χ1) is 6.67. The van der Waals surface area contributed by atoms with E-state index in [0.717, 1.165) is 37.5 Å². The Hall–Kier alpha value is -0.330. The SMILES string of the molecule is CCC(CC)CC1CC(C)CCC1=O. The molecule has 0 aromatic heterocycles. The van der Waals surface area contributed by atoms with Gasteiger partial charge in [0.2, 0.25) is 0 Å². The van der Waals surface area contributed by atoms with Crippen LogP contribution in [0, 0.1) is 17.8 Å². The second kappa shape index (κ2) is 5.53. The molecule has 0 aromatic carbocycles. The molecule has 0 saturated heterocycles. The molecule has 0 heterocycles. The summed E-state index contributed by atoms with van der Waals surface area (Å²) in [6.07, 6.45) is 6.72. The third kappa shape index (κ3) is 3.11. The smallest absolute Gasteiger partial charge is 0.136 e. The Labute approximate surface area is 88.3 Å². The molecule has 0 N–H and O–H groups in total. The predicted molar refractivity (Wildman–Crippen MR) is 60.2 cm³/mol. The fraction of sp³-hybridized carbons (Fsp3) is 0.923. The molecule has 0 radical (unpaired) electrons. The molecule has 0 aromatic rings. The zero-order valence-corrected chi connectivity index (χ0v) is 9.88. The minimum atomic E-state index is 0.392. The predicted octanol–water partition coefficient (Wildman–Crippen LogP) is 3.82. The maximum absolute atomic E-state index is 11.7. The first-order valence-electron chi connectivity index (χ1n) is 6.20. The van der Waals surface area contributed by atoms with Crippen LogP contribution in [0.1, 0.15) is 59.3 Å². The molecule has 14 heavy (non-hydrogen) atoms. The molecule has 1 rings (SSSR count). The maximum atomic E-state index is 11.7. The molecule has 1 aliphatic rings. The number of carbonyl (C=O) groups excluding carboxylic acids is 1. The fourth-order valence-corrected chi connectivity index (χ4v) is 2.58. The van der Waals surface area contributed by atoms with E-state index in [1.807, 2.05) is 0 Å². The van der Waals surface area contributed by atoms with Crippen LogP contribution in [-0.2, 0) is 4.79 Å². The van der Waals surface area contributed by atoms with Gasteiger partial charge in [-0.25, -0.2) is 0 Å². The molecule has 0 amide bonds. The van der Waals surface area contributed by atoms with E-state index in [2.05, 4.69) is 20.8 Å². The van der Waals surface area contributed by atoms with E-state index in [0.29, 0.717) is 11.7 Å². The lowest BCUT2D eigenvalue weighted by Gasteiger charge is -2.28. The summed E-state index contributed by atoms with van der Waals surface area (Å²) in [5.74, 6) is 2.47. The fourth-order valence-electron chi connectivity index (χ4n) is 2.58. The van der Waals surface area contributed by atoms with Gasteiger partial charge in [-0.2, -0.15) is 0 Å². The van der Waals surface area contributed by atoms with Gasteiger partial charge in [-0.05, 0) is 31.1 Å². The number of ketones is 1. The third-order valence-electron chi connectivity index (χ3n) is 3.80. The summed E-state index contributed by atoms with van der Waals surface area (Å²) in [7, 11) is 0. The summed E-state index contributed by atoms with van der Waals surface area (Å²) in [6.45, 7) is 6.77. The van der Waals surface area contributed by atoms with E-state index in [-0.39, 0.29) is 0 Å². The lowest BCUT2D eigenvalue weighted by molar-refractivity contribution is -0.126. The van der Waals surface area contributed by atoms with Gasteiger partial charge in [-0.1, -0.05) is 33.6 Å². The minimum absolute atomic E-state index is 0.392. The summed E-state index contributed by atoms with van der Waals surface area (Å²) in [6, 6.07) is 0. The van der Waals surface area contributed by atoms with Crippen LogP contribution in [-0.4, -0.2) is 5.78 Å². The van der Waals surface area contributed by atoms with Crippen molar-refractivity contribution in [2.75, 3.05) is 0 Å². The Morgan fingerprint density at radius 2 is 2.00 bits per heavy atom. The van der Waals surface area contributed by atoms with Crippen molar-refractivity contribution in [2.45, 2.75) is 59.3 Å². The molecule has 0 spiro atoms. The third-order valence-corrected chi connectivity index (χ3v) is 3.80. The van der Waals surface area contributed by atoms with Gasteiger partial charge < -0.3 is 0 Å². The Morgan fingerprint density at radius 1 is 1.36 bits per heavy atom. The average Bonchev–Trinajstić information content (AvgIpc) is 2.19. The van der Waals surface area contributed by atoms with E-state index >= 15 is 0 Å². The summed E-state index contributed by atoms with van der Waals surface area (Å²) < 4.78 is 0. The molecular formula is C13H24O. The van der Waals surface area contributed by atoms with Gasteiger partial charge in [-0.3, -0.25) is 4.79 Å². The maximum Gasteiger partial charge on any atom is 0.136 e. The first kappa shape index (κ1) is 11.7. The van der Waals surface area contributed by atoms with Gasteiger partial charge in [0.05, 0.1) is 0 Å². The molecule has 1 fully saturated rings. The van der Waals surface area contributed by atoms with Crippen LogP contribution in [0.5, 0.6) is 0 Å². The quantitative estimate of drug-likeness (QED) is 0.668. The number of hydrogen-bond donors (Lipinski definition) is 0. The number of carbonyl (C=O) groups is 1. The summed E-state index contributed by atoms with van der Waals surface area (Å²) in [5.41, 5.74) is 0. The monoisotopic (exact) mass is 196 g/mol. The van der Waals surface area contributed by atoms with Crippen LogP contribution in [0.25, 0.3) is 0 Å². The molecule has 0 bridgehead atoms. The standard InChI is InChI=1S/C13H24O/c1-4-11(5-2)9-12-8-10(3)6-7-13(12)14/h10-12H,4-9H2,1-3H3. The van der Waals surface area contributed by atoms with Crippen molar-refractivity contribution >= 4 is 5.78 Å². The van der Waals surface area contributed by atoms with Crippen LogP contribution in [0.3, 0.4) is 0 Å². The summed E-state index contributed by atoms with van der Waals surface area (Å²) in [5, 5.41) is 0. The van der Waals surface area contributed by atoms with Crippen LogP contribution in [0.4, 0.5) is 0 Å². The van der Waals surface area contributed by atoms with Gasteiger partial charge in [0, 0.05) is 12.3 Å². The van der Waals surface area contributed by atoms with Crippen molar-refractivity contribution in [3.05, 3.63) is 0 Å². The molecule has 1 nitrogen and oxygen atoms in total. The van der Waals surface area contributed by atoms with Crippen molar-refractivity contribution in [3.8, 4) is 0 Å². The van der Waals surface area contributed by atoms with E-state index in [1.54, 1.807) is 0 Å². The molecule has 2 atom stereocenters. The largest absolute Gasteiger partial charge is 0.299 e. The topological polar surface area (TPSA) is 17.1 Å². The van der Waals surface area contributed by atoms with E-state index < -0.39 is 0 Å². The van der Waals surface area contributed by atoms with Gasteiger partial charge in [0.25, 0.3) is 0 Å². The van der Waals surface area contributed by atoms with Crippen molar-refractivity contribution in [1.82, 2.24) is 0 Å². The highest BCUT2D eigenvalue weighted by molar-refractivity contribution is 5.81. The second-order valence-electron chi connectivity index (χ2n) is 4.96. The highest BCUT2D eigenvalue weighted by Gasteiger charge is 2.27. The van der Waals surface area contributed by atoms with E-state index in [9.17, 15) is 4.79 Å². The number of hydrogen-bond acceptors (Lipinski definition) is 1.